The maximum absolute atomic E-state index is 10.2. The molecule has 0 radical (unpaired) electrons. The van der Waals surface area contributed by atoms with Crippen molar-refractivity contribution in [2.45, 2.75) is 51.7 Å². The first-order valence-electron chi connectivity index (χ1n) is 9.44. The predicted octanol–water partition coefficient (Wildman–Crippen LogP) is 4.59. The Hall–Kier alpha value is -2.46. The molecule has 1 aliphatic rings. The standard InChI is InChI=1S/C22H25N3O/c1-16-19-11-5-6-12-20(19)24-22(23-16)15-25(18-9-3-4-10-18)14-17-8-2-7-13-21(17)26/h2,5-8,11-13,18,26H,3-4,9-10,14-15H2,1H3. The van der Waals surface area contributed by atoms with Crippen molar-refractivity contribution < 1.29 is 5.11 Å². The summed E-state index contributed by atoms with van der Waals surface area (Å²) in [5.74, 6) is 1.23. The topological polar surface area (TPSA) is 49.2 Å². The van der Waals surface area contributed by atoms with Crippen LogP contribution in [0, 0.1) is 6.92 Å². The Morgan fingerprint density at radius 1 is 0.962 bits per heavy atom. The van der Waals surface area contributed by atoms with E-state index in [9.17, 15) is 5.11 Å². The van der Waals surface area contributed by atoms with Crippen LogP contribution in [-0.2, 0) is 13.1 Å². The number of aromatic hydroxyl groups is 1. The Balaban J connectivity index is 1.63. The average molecular weight is 347 g/mol. The van der Waals surface area contributed by atoms with E-state index in [2.05, 4.69) is 24.0 Å². The van der Waals surface area contributed by atoms with E-state index in [1.807, 2.05) is 30.3 Å². The van der Waals surface area contributed by atoms with Crippen molar-refractivity contribution in [1.82, 2.24) is 14.9 Å². The van der Waals surface area contributed by atoms with E-state index in [0.29, 0.717) is 18.3 Å². The van der Waals surface area contributed by atoms with E-state index in [0.717, 1.165) is 34.5 Å². The van der Waals surface area contributed by atoms with Crippen LogP contribution in [0.2, 0.25) is 0 Å². The van der Waals surface area contributed by atoms with E-state index < -0.39 is 0 Å². The molecule has 1 fully saturated rings. The van der Waals surface area contributed by atoms with Crippen LogP contribution in [0.4, 0.5) is 0 Å². The molecule has 4 rings (SSSR count). The number of benzene rings is 2. The van der Waals surface area contributed by atoms with Crippen LogP contribution in [0.3, 0.4) is 0 Å². The molecule has 0 atom stereocenters. The third-order valence-corrected chi connectivity index (χ3v) is 5.39. The second kappa shape index (κ2) is 7.42. The van der Waals surface area contributed by atoms with E-state index in [1.54, 1.807) is 6.07 Å². The van der Waals surface area contributed by atoms with Crippen molar-refractivity contribution in [3.8, 4) is 5.75 Å². The largest absolute Gasteiger partial charge is 0.508 e. The van der Waals surface area contributed by atoms with E-state index in [4.69, 9.17) is 9.97 Å². The average Bonchev–Trinajstić information content (AvgIpc) is 3.18. The lowest BCUT2D eigenvalue weighted by Gasteiger charge is -2.28. The van der Waals surface area contributed by atoms with Crippen molar-refractivity contribution >= 4 is 10.9 Å². The van der Waals surface area contributed by atoms with Gasteiger partial charge in [0.2, 0.25) is 0 Å². The third kappa shape index (κ3) is 3.56. The Kier molecular flexibility index (Phi) is 4.85. The molecular formula is C22H25N3O. The van der Waals surface area contributed by atoms with Crippen molar-refractivity contribution in [2.24, 2.45) is 0 Å². The number of hydrogen-bond donors (Lipinski definition) is 1. The Bertz CT molecular complexity index is 903. The number of hydrogen-bond acceptors (Lipinski definition) is 4. The summed E-state index contributed by atoms with van der Waals surface area (Å²) >= 11 is 0. The number of aryl methyl sites for hydroxylation is 1. The summed E-state index contributed by atoms with van der Waals surface area (Å²) in [5.41, 5.74) is 3.00. The maximum atomic E-state index is 10.2. The molecule has 2 aromatic carbocycles. The fraction of sp³-hybridized carbons (Fsp3) is 0.364. The number of para-hydroxylation sites is 2. The molecule has 1 heterocycles. The van der Waals surface area contributed by atoms with Crippen LogP contribution in [0.1, 0.15) is 42.8 Å². The van der Waals surface area contributed by atoms with Gasteiger partial charge in [-0.15, -0.1) is 0 Å². The minimum atomic E-state index is 0.367. The second-order valence-electron chi connectivity index (χ2n) is 7.21. The molecule has 4 nitrogen and oxygen atoms in total. The smallest absolute Gasteiger partial charge is 0.143 e. The SMILES string of the molecule is Cc1nc(CN(Cc2ccccc2O)C2CCCC2)nc2ccccc12. The van der Waals surface area contributed by atoms with Crippen LogP contribution in [0.25, 0.3) is 10.9 Å². The fourth-order valence-electron chi connectivity index (χ4n) is 3.99. The van der Waals surface area contributed by atoms with Crippen LogP contribution >= 0.6 is 0 Å². The molecule has 134 valence electrons. The first-order chi connectivity index (χ1) is 12.7. The number of nitrogens with zero attached hydrogens (tertiary/aromatic N) is 3. The minimum absolute atomic E-state index is 0.367. The molecule has 4 heteroatoms. The van der Waals surface area contributed by atoms with Crippen LogP contribution in [0.15, 0.2) is 48.5 Å². The van der Waals surface area contributed by atoms with Gasteiger partial charge in [-0.25, -0.2) is 9.97 Å². The number of rotatable bonds is 5. The maximum Gasteiger partial charge on any atom is 0.143 e. The molecule has 0 saturated heterocycles. The Morgan fingerprint density at radius 2 is 1.69 bits per heavy atom. The highest BCUT2D eigenvalue weighted by atomic mass is 16.3. The third-order valence-electron chi connectivity index (χ3n) is 5.39. The minimum Gasteiger partial charge on any atom is -0.508 e. The van der Waals surface area contributed by atoms with Gasteiger partial charge in [0.15, 0.2) is 0 Å². The highest BCUT2D eigenvalue weighted by Crippen LogP contribution is 2.28. The van der Waals surface area contributed by atoms with Crippen LogP contribution < -0.4 is 0 Å². The lowest BCUT2D eigenvalue weighted by atomic mass is 10.1. The van der Waals surface area contributed by atoms with Gasteiger partial charge < -0.3 is 5.11 Å². The normalized spacial score (nSPS) is 15.2. The summed E-state index contributed by atoms with van der Waals surface area (Å²) in [4.78, 5) is 12.0. The zero-order valence-corrected chi connectivity index (χ0v) is 15.2. The van der Waals surface area contributed by atoms with Crippen molar-refractivity contribution in [3.63, 3.8) is 0 Å². The molecule has 0 unspecified atom stereocenters. The number of fused-ring (bicyclic) bond motifs is 1. The summed E-state index contributed by atoms with van der Waals surface area (Å²) in [7, 11) is 0. The van der Waals surface area contributed by atoms with Gasteiger partial charge in [0, 0.05) is 29.2 Å². The van der Waals surface area contributed by atoms with Gasteiger partial charge in [-0.1, -0.05) is 49.2 Å². The zero-order chi connectivity index (χ0) is 17.9. The number of phenolic OH excluding ortho intramolecular Hbond substituents is 1. The highest BCUT2D eigenvalue weighted by molar-refractivity contribution is 5.80. The van der Waals surface area contributed by atoms with E-state index in [-0.39, 0.29) is 0 Å². The first-order valence-corrected chi connectivity index (χ1v) is 9.44. The zero-order valence-electron chi connectivity index (χ0n) is 15.2. The molecule has 0 bridgehead atoms. The molecule has 1 aliphatic carbocycles. The molecule has 1 N–H and O–H groups in total. The molecule has 0 amide bonds. The number of aromatic nitrogens is 2. The Morgan fingerprint density at radius 3 is 2.50 bits per heavy atom. The van der Waals surface area contributed by atoms with Gasteiger partial charge in [-0.2, -0.15) is 0 Å². The first kappa shape index (κ1) is 17.0. The molecule has 3 aromatic rings. The van der Waals surface area contributed by atoms with E-state index >= 15 is 0 Å². The van der Waals surface area contributed by atoms with Gasteiger partial charge in [-0.3, -0.25) is 4.90 Å². The monoisotopic (exact) mass is 347 g/mol. The summed E-state index contributed by atoms with van der Waals surface area (Å²) in [6.45, 7) is 3.49. The summed E-state index contributed by atoms with van der Waals surface area (Å²) in [6, 6.07) is 16.3. The van der Waals surface area contributed by atoms with Gasteiger partial charge in [0.1, 0.15) is 11.6 Å². The Labute approximate surface area is 154 Å². The van der Waals surface area contributed by atoms with Crippen molar-refractivity contribution in [1.29, 1.82) is 0 Å². The van der Waals surface area contributed by atoms with Crippen LogP contribution in [0.5, 0.6) is 5.75 Å². The quantitative estimate of drug-likeness (QED) is 0.733. The lowest BCUT2D eigenvalue weighted by Crippen LogP contribution is -2.33. The lowest BCUT2D eigenvalue weighted by molar-refractivity contribution is 0.174. The molecule has 26 heavy (non-hydrogen) atoms. The summed E-state index contributed by atoms with van der Waals surface area (Å²) in [5, 5.41) is 11.3. The summed E-state index contributed by atoms with van der Waals surface area (Å²) < 4.78 is 0. The van der Waals surface area contributed by atoms with Crippen LogP contribution in [-0.4, -0.2) is 26.0 Å². The molecule has 0 aliphatic heterocycles. The molecular weight excluding hydrogens is 322 g/mol. The predicted molar refractivity (Wildman–Crippen MR) is 104 cm³/mol. The van der Waals surface area contributed by atoms with Gasteiger partial charge in [0.25, 0.3) is 0 Å². The van der Waals surface area contributed by atoms with E-state index in [1.165, 1.54) is 25.7 Å². The molecule has 0 spiro atoms. The van der Waals surface area contributed by atoms with Gasteiger partial charge in [-0.05, 0) is 31.9 Å². The number of phenols is 1. The molecule has 1 aromatic heterocycles. The van der Waals surface area contributed by atoms with Crippen molar-refractivity contribution in [3.05, 3.63) is 65.6 Å². The summed E-state index contributed by atoms with van der Waals surface area (Å²) in [6.07, 6.45) is 4.97. The second-order valence-corrected chi connectivity index (χ2v) is 7.21. The van der Waals surface area contributed by atoms with Crippen molar-refractivity contribution in [2.75, 3.05) is 0 Å². The van der Waals surface area contributed by atoms with Gasteiger partial charge >= 0.3 is 0 Å². The van der Waals surface area contributed by atoms with Gasteiger partial charge in [0.05, 0.1) is 12.1 Å². The highest BCUT2D eigenvalue weighted by Gasteiger charge is 2.24. The fourth-order valence-corrected chi connectivity index (χ4v) is 3.99. The molecule has 1 saturated carbocycles.